The second kappa shape index (κ2) is 51.6. The van der Waals surface area contributed by atoms with Gasteiger partial charge in [-0.3, -0.25) is 0 Å². The first kappa shape index (κ1) is 87.4. The third-order valence-corrected chi connectivity index (χ3v) is 32.8. The van der Waals surface area contributed by atoms with Gasteiger partial charge in [-0.25, -0.2) is 0 Å². The van der Waals surface area contributed by atoms with Crippen LogP contribution in [0.4, 0.5) is 0 Å². The Morgan fingerprint density at radius 2 is 0.426 bits per heavy atom. The highest BCUT2D eigenvalue weighted by atomic mass is 14.4. The van der Waals surface area contributed by atoms with E-state index in [1.165, 1.54) is 276 Å². The van der Waals surface area contributed by atoms with Gasteiger partial charge < -0.3 is 0 Å². The summed E-state index contributed by atoms with van der Waals surface area (Å²) in [5.74, 6) is 25.2. The Kier molecular flexibility index (Phi) is 44.7. The summed E-state index contributed by atoms with van der Waals surface area (Å²) < 4.78 is 0. The largest absolute Gasteiger partial charge is 0.103 e. The highest BCUT2D eigenvalue weighted by molar-refractivity contribution is 4.93. The predicted molar refractivity (Wildman–Crippen MR) is 452 cm³/mol. The van der Waals surface area contributed by atoms with Gasteiger partial charge in [0.1, 0.15) is 0 Å². The van der Waals surface area contributed by atoms with Crippen LogP contribution >= 0.6 is 0 Å². The number of hydrogen-bond acceptors (Lipinski definition) is 0. The Hall–Kier alpha value is -0.780. The van der Waals surface area contributed by atoms with E-state index in [1.54, 1.807) is 116 Å². The van der Waals surface area contributed by atoms with Gasteiger partial charge in [0.2, 0.25) is 0 Å². The molecule has 0 spiro atoms. The molecule has 0 heteroatoms. The Bertz CT molecular complexity index is 1920. The van der Waals surface area contributed by atoms with Crippen molar-refractivity contribution >= 4 is 0 Å². The number of allylic oxidation sites excluding steroid dienone is 4. The molecule has 0 heterocycles. The zero-order valence-electron chi connectivity index (χ0n) is 70.7. The second-order valence-electron chi connectivity index (χ2n) is 39.8. The van der Waals surface area contributed by atoms with E-state index in [0.29, 0.717) is 0 Å². The van der Waals surface area contributed by atoms with Gasteiger partial charge in [0.25, 0.3) is 0 Å². The van der Waals surface area contributed by atoms with Gasteiger partial charge in [-0.15, -0.1) is 13.2 Å². The van der Waals surface area contributed by atoms with Crippen LogP contribution in [0.5, 0.6) is 0 Å². The third kappa shape index (κ3) is 32.7. The maximum absolute atomic E-state index is 3.97. The molecule has 0 atom stereocenters. The average molecular weight is 1400 g/mol. The normalized spacial score (nSPS) is 39.4. The van der Waals surface area contributed by atoms with E-state index >= 15 is 0 Å². The Balaban J connectivity index is 0.000000170. The van der Waals surface area contributed by atoms with Gasteiger partial charge in [0, 0.05) is 0 Å². The lowest BCUT2D eigenvalue weighted by molar-refractivity contribution is 0.147. The SMILES string of the molecule is C/C=C/C1CCC(C2CCC(CCC)CC2)CC1.C=CC1CCC(C2CCC(CCC)CC2)CC1.C=CC1CCC(C2CCC(CCCCC)CC2)CC1.CCC1CCC(C2CCC(C)CC2)CC1.CCC1CCC(C2CCC(C)CC2)CC1.CCCCC1CCC(C2CCC(C)CC2)CC1. The molecule has 12 rings (SSSR count). The van der Waals surface area contributed by atoms with Crippen LogP contribution in [0.2, 0.25) is 0 Å². The van der Waals surface area contributed by atoms with Crippen molar-refractivity contribution in [3.05, 3.63) is 37.5 Å². The minimum atomic E-state index is 0.835. The van der Waals surface area contributed by atoms with E-state index in [4.69, 9.17) is 0 Å². The van der Waals surface area contributed by atoms with Crippen LogP contribution in [0.25, 0.3) is 0 Å². The number of hydrogen-bond donors (Lipinski definition) is 0. The third-order valence-electron chi connectivity index (χ3n) is 32.8. The van der Waals surface area contributed by atoms with Crippen molar-refractivity contribution in [1.29, 1.82) is 0 Å². The molecule has 12 saturated carbocycles. The zero-order chi connectivity index (χ0) is 71.8. The number of unbranched alkanes of at least 4 members (excludes halogenated alkanes) is 3. The lowest BCUT2D eigenvalue weighted by Gasteiger charge is -2.37. The standard InChI is InChI=1S/C19H34.C18H32.C17H32.C17H30.2C15H28/c1-3-5-6-7-17-10-14-19(15-11-17)18-12-8-16(4-2)9-13-18;1-3-5-15-7-11-17(12-8-15)18-13-9-16(6-4-2)10-14-18;1-3-4-5-15-8-12-17(13-9-15)16-10-6-14(2)7-11-16;1-3-5-15-8-12-17(13-9-15)16-10-6-14(4-2)7-11-16;2*1-3-13-6-10-15(11-7-13)14-8-4-12(2)5-9-14/h4,16-19H,2-3,5-15H2,1H3;3,5,15-18H,4,6-14H2,1-2H3;14-17H,3-13H2,1-2H3;4,14-17H,2-3,5-13H2,1H3;2*12-15H,3-11H2,1-2H3/b;5-3+;;;;. The van der Waals surface area contributed by atoms with Crippen LogP contribution in [0.3, 0.4) is 0 Å². The molecule has 0 aromatic heterocycles. The molecule has 0 radical (unpaired) electrons. The van der Waals surface area contributed by atoms with Crippen molar-refractivity contribution in [3.8, 4) is 0 Å². The first-order valence-corrected chi connectivity index (χ1v) is 48.2. The number of rotatable bonds is 22. The molecular weight excluding hydrogens is 1210 g/mol. The molecular formula is C101H184. The quantitative estimate of drug-likeness (QED) is 0.0749. The fourth-order valence-corrected chi connectivity index (χ4v) is 25.0. The van der Waals surface area contributed by atoms with E-state index in [9.17, 15) is 0 Å². The molecule has 0 saturated heterocycles. The first-order chi connectivity index (χ1) is 49.4. The molecule has 0 N–H and O–H groups in total. The summed E-state index contributed by atoms with van der Waals surface area (Å²) >= 11 is 0. The first-order valence-electron chi connectivity index (χ1n) is 48.2. The molecule has 0 aromatic carbocycles. The monoisotopic (exact) mass is 1400 g/mol. The van der Waals surface area contributed by atoms with Gasteiger partial charge >= 0.3 is 0 Å². The van der Waals surface area contributed by atoms with Crippen molar-refractivity contribution in [3.63, 3.8) is 0 Å². The minimum Gasteiger partial charge on any atom is -0.103 e. The van der Waals surface area contributed by atoms with Gasteiger partial charge in [-0.05, 0) is 342 Å². The van der Waals surface area contributed by atoms with Crippen molar-refractivity contribution < 1.29 is 0 Å². The fraction of sp³-hybridized carbons (Fsp3) is 0.941. The summed E-state index contributed by atoms with van der Waals surface area (Å²) in [5.41, 5.74) is 0. The van der Waals surface area contributed by atoms with E-state index in [1.807, 2.05) is 0 Å². The van der Waals surface area contributed by atoms with E-state index in [-0.39, 0.29) is 0 Å². The molecule has 0 aliphatic heterocycles. The van der Waals surface area contributed by atoms with Crippen LogP contribution in [-0.2, 0) is 0 Å². The summed E-state index contributed by atoms with van der Waals surface area (Å²) in [6, 6.07) is 0. The second-order valence-corrected chi connectivity index (χ2v) is 39.8. The maximum atomic E-state index is 3.97. The van der Waals surface area contributed by atoms with Crippen LogP contribution in [0, 0.1) is 142 Å². The van der Waals surface area contributed by atoms with E-state index in [2.05, 4.69) is 107 Å². The van der Waals surface area contributed by atoms with Crippen LogP contribution in [0.1, 0.15) is 461 Å². The Morgan fingerprint density at radius 1 is 0.218 bits per heavy atom. The maximum Gasteiger partial charge on any atom is -0.0233 e. The molecule has 0 bridgehead atoms. The zero-order valence-corrected chi connectivity index (χ0v) is 70.7. The summed E-state index contributed by atoms with van der Waals surface area (Å²) in [5, 5.41) is 0. The van der Waals surface area contributed by atoms with E-state index < -0.39 is 0 Å². The van der Waals surface area contributed by atoms with Gasteiger partial charge in [0.15, 0.2) is 0 Å². The molecule has 0 aromatic rings. The molecule has 12 fully saturated rings. The lowest BCUT2D eigenvalue weighted by atomic mass is 9.68. The lowest BCUT2D eigenvalue weighted by Crippen LogP contribution is -2.25. The van der Waals surface area contributed by atoms with Crippen LogP contribution in [0.15, 0.2) is 37.5 Å². The van der Waals surface area contributed by atoms with Crippen LogP contribution in [-0.4, -0.2) is 0 Å². The van der Waals surface area contributed by atoms with Crippen molar-refractivity contribution in [2.24, 2.45) is 142 Å². The summed E-state index contributed by atoms with van der Waals surface area (Å²) in [6.07, 6.45) is 101. The molecule has 588 valence electrons. The molecule has 0 unspecified atom stereocenters. The predicted octanol–water partition coefficient (Wildman–Crippen LogP) is 33.8. The topological polar surface area (TPSA) is 0 Å². The van der Waals surface area contributed by atoms with E-state index in [0.717, 1.165) is 142 Å². The van der Waals surface area contributed by atoms with Crippen molar-refractivity contribution in [2.45, 2.75) is 461 Å². The molecule has 12 aliphatic rings. The smallest absolute Gasteiger partial charge is 0.0233 e. The summed E-state index contributed by atoms with van der Waals surface area (Å²) in [7, 11) is 0. The van der Waals surface area contributed by atoms with Gasteiger partial charge in [-0.1, -0.05) is 286 Å². The Labute approximate surface area is 636 Å². The molecule has 0 nitrogen and oxygen atoms in total. The highest BCUT2D eigenvalue weighted by Gasteiger charge is 2.36. The van der Waals surface area contributed by atoms with Gasteiger partial charge in [-0.2, -0.15) is 0 Å². The van der Waals surface area contributed by atoms with Crippen molar-refractivity contribution in [1.82, 2.24) is 0 Å². The summed E-state index contributed by atoms with van der Waals surface area (Å²) in [6.45, 7) is 31.5. The van der Waals surface area contributed by atoms with Crippen molar-refractivity contribution in [2.75, 3.05) is 0 Å². The molecule has 0 amide bonds. The molecule has 101 heavy (non-hydrogen) atoms. The fourth-order valence-electron chi connectivity index (χ4n) is 25.0. The Morgan fingerprint density at radius 3 is 0.644 bits per heavy atom. The minimum absolute atomic E-state index is 0.835. The van der Waals surface area contributed by atoms with Gasteiger partial charge in [0.05, 0.1) is 0 Å². The molecule has 12 aliphatic carbocycles. The highest BCUT2D eigenvalue weighted by Crippen LogP contribution is 2.49. The van der Waals surface area contributed by atoms with Crippen LogP contribution < -0.4 is 0 Å². The average Bonchev–Trinajstić information content (AvgIpc) is 1.04. The summed E-state index contributed by atoms with van der Waals surface area (Å²) in [4.78, 5) is 0.